The van der Waals surface area contributed by atoms with Gasteiger partial charge in [-0.2, -0.15) is 0 Å². The molecule has 168 valence electrons. The third kappa shape index (κ3) is 7.73. The molecule has 0 aromatic heterocycles. The Bertz CT molecular complexity index is 648. The van der Waals surface area contributed by atoms with E-state index < -0.39 is 24.5 Å². The lowest BCUT2D eigenvalue weighted by Crippen LogP contribution is -2.30. The Morgan fingerprint density at radius 3 is 2.17 bits per heavy atom. The van der Waals surface area contributed by atoms with Crippen LogP contribution in [0.25, 0.3) is 0 Å². The van der Waals surface area contributed by atoms with Crippen LogP contribution in [0.15, 0.2) is 24.3 Å². The van der Waals surface area contributed by atoms with E-state index in [1.54, 1.807) is 26.0 Å². The van der Waals surface area contributed by atoms with Gasteiger partial charge >= 0.3 is 11.9 Å². The Labute approximate surface area is 180 Å². The van der Waals surface area contributed by atoms with Gasteiger partial charge in [-0.1, -0.05) is 45.2 Å². The van der Waals surface area contributed by atoms with Crippen LogP contribution in [0.1, 0.15) is 88.4 Å². The summed E-state index contributed by atoms with van der Waals surface area (Å²) < 4.78 is 22.5. The highest BCUT2D eigenvalue weighted by atomic mass is 16.7. The summed E-state index contributed by atoms with van der Waals surface area (Å²) in [4.78, 5) is 24.2. The summed E-state index contributed by atoms with van der Waals surface area (Å²) >= 11 is 0. The van der Waals surface area contributed by atoms with Crippen molar-refractivity contribution in [2.45, 2.75) is 84.7 Å². The van der Waals surface area contributed by atoms with Gasteiger partial charge in [-0.05, 0) is 38.8 Å². The molecular weight excluding hydrogens is 384 g/mol. The first kappa shape index (κ1) is 24.4. The third-order valence-electron chi connectivity index (χ3n) is 5.36. The van der Waals surface area contributed by atoms with Crippen molar-refractivity contribution in [2.24, 2.45) is 5.92 Å². The maximum absolute atomic E-state index is 12.4. The van der Waals surface area contributed by atoms with Gasteiger partial charge in [0.2, 0.25) is 0 Å². The van der Waals surface area contributed by atoms with Gasteiger partial charge in [-0.15, -0.1) is 0 Å². The number of carbonyl (C=O) groups excluding carboxylic acids is 2. The number of benzene rings is 1. The van der Waals surface area contributed by atoms with Crippen LogP contribution >= 0.6 is 0 Å². The van der Waals surface area contributed by atoms with Gasteiger partial charge in [0, 0.05) is 17.9 Å². The monoisotopic (exact) mass is 420 g/mol. The van der Waals surface area contributed by atoms with Crippen molar-refractivity contribution >= 4 is 11.9 Å². The molecule has 6 heteroatoms. The van der Waals surface area contributed by atoms with Crippen LogP contribution in [0.4, 0.5) is 0 Å². The normalized spacial score (nSPS) is 20.9. The number of esters is 2. The molecule has 1 aromatic carbocycles. The van der Waals surface area contributed by atoms with Crippen molar-refractivity contribution in [3.63, 3.8) is 0 Å². The second kappa shape index (κ2) is 12.7. The molecule has 2 atom stereocenters. The summed E-state index contributed by atoms with van der Waals surface area (Å²) in [5, 5.41) is 0. The van der Waals surface area contributed by atoms with Crippen LogP contribution in [0.5, 0.6) is 0 Å². The molecule has 0 amide bonds. The predicted molar refractivity (Wildman–Crippen MR) is 114 cm³/mol. The van der Waals surface area contributed by atoms with Crippen molar-refractivity contribution in [2.75, 3.05) is 13.2 Å². The Balaban J connectivity index is 1.81. The number of unbranched alkanes of at least 4 members (excludes halogenated alkanes) is 2. The minimum absolute atomic E-state index is 0.263. The van der Waals surface area contributed by atoms with E-state index >= 15 is 0 Å². The average Bonchev–Trinajstić information content (AvgIpc) is 2.76. The van der Waals surface area contributed by atoms with Gasteiger partial charge in [0.05, 0.1) is 18.8 Å². The lowest BCUT2D eigenvalue weighted by molar-refractivity contribution is -0.206. The van der Waals surface area contributed by atoms with E-state index in [0.29, 0.717) is 31.1 Å². The van der Waals surface area contributed by atoms with Gasteiger partial charge in [0.1, 0.15) is 12.2 Å². The first-order valence-electron chi connectivity index (χ1n) is 11.2. The van der Waals surface area contributed by atoms with E-state index in [0.717, 1.165) is 24.8 Å². The fourth-order valence-corrected chi connectivity index (χ4v) is 3.19. The van der Waals surface area contributed by atoms with Gasteiger partial charge in [0.15, 0.2) is 6.29 Å². The van der Waals surface area contributed by atoms with E-state index in [1.807, 2.05) is 19.1 Å². The van der Waals surface area contributed by atoms with Gasteiger partial charge < -0.3 is 18.9 Å². The molecule has 1 aromatic rings. The molecule has 1 aliphatic heterocycles. The van der Waals surface area contributed by atoms with E-state index in [9.17, 15) is 9.59 Å². The van der Waals surface area contributed by atoms with Gasteiger partial charge in [0.25, 0.3) is 0 Å². The number of carbonyl (C=O) groups is 2. The lowest BCUT2D eigenvalue weighted by atomic mass is 10.0. The molecule has 2 rings (SSSR count). The highest BCUT2D eigenvalue weighted by Gasteiger charge is 2.24. The second-order valence-electron chi connectivity index (χ2n) is 8.04. The number of rotatable bonds is 11. The molecule has 2 unspecified atom stereocenters. The van der Waals surface area contributed by atoms with Crippen molar-refractivity contribution in [1.82, 2.24) is 0 Å². The Kier molecular flexibility index (Phi) is 10.3. The van der Waals surface area contributed by atoms with Crippen LogP contribution in [0, 0.1) is 5.92 Å². The van der Waals surface area contributed by atoms with E-state index in [2.05, 4.69) is 6.92 Å². The largest absolute Gasteiger partial charge is 0.459 e. The summed E-state index contributed by atoms with van der Waals surface area (Å²) in [6.07, 6.45) is 4.17. The molecular formula is C24H36O6. The first-order chi connectivity index (χ1) is 14.4. The van der Waals surface area contributed by atoms with E-state index in [4.69, 9.17) is 18.9 Å². The maximum Gasteiger partial charge on any atom is 0.338 e. The Hall–Kier alpha value is -1.92. The first-order valence-corrected chi connectivity index (χ1v) is 11.2. The Morgan fingerprint density at radius 1 is 0.967 bits per heavy atom. The molecule has 0 bridgehead atoms. The molecule has 1 heterocycles. The summed E-state index contributed by atoms with van der Waals surface area (Å²) in [6.45, 7) is 9.05. The average molecular weight is 421 g/mol. The van der Waals surface area contributed by atoms with Crippen molar-refractivity contribution in [3.8, 4) is 0 Å². The predicted octanol–water partition coefficient (Wildman–Crippen LogP) is 5.21. The van der Waals surface area contributed by atoms with Crippen molar-refractivity contribution in [3.05, 3.63) is 35.4 Å². The standard InChI is InChI=1S/C24H36O6/c1-5-7-9-19-15-27-24(28-16-19)21-13-11-20(12-14-21)23(26)30-18(4)17(3)29-22(25)10-8-6-2/h11-14,17-19,24H,5-10,15-16H2,1-4H3. The molecule has 0 radical (unpaired) electrons. The molecule has 1 aliphatic rings. The topological polar surface area (TPSA) is 71.1 Å². The lowest BCUT2D eigenvalue weighted by Gasteiger charge is -2.29. The molecule has 1 saturated heterocycles. The molecule has 0 saturated carbocycles. The zero-order valence-corrected chi connectivity index (χ0v) is 18.7. The number of hydrogen-bond donors (Lipinski definition) is 0. The van der Waals surface area contributed by atoms with E-state index in [1.165, 1.54) is 12.8 Å². The third-order valence-corrected chi connectivity index (χ3v) is 5.36. The Morgan fingerprint density at radius 2 is 1.57 bits per heavy atom. The molecule has 0 N–H and O–H groups in total. The van der Waals surface area contributed by atoms with Crippen LogP contribution in [0.3, 0.4) is 0 Å². The molecule has 6 nitrogen and oxygen atoms in total. The number of ether oxygens (including phenoxy) is 4. The van der Waals surface area contributed by atoms with Crippen LogP contribution in [-0.2, 0) is 23.7 Å². The maximum atomic E-state index is 12.4. The summed E-state index contributed by atoms with van der Waals surface area (Å²) in [6, 6.07) is 7.06. The minimum atomic E-state index is -0.534. The molecule has 30 heavy (non-hydrogen) atoms. The molecule has 1 fully saturated rings. The number of hydrogen-bond acceptors (Lipinski definition) is 6. The van der Waals surface area contributed by atoms with E-state index in [-0.39, 0.29) is 5.97 Å². The van der Waals surface area contributed by atoms with Gasteiger partial charge in [-0.25, -0.2) is 4.79 Å². The fourth-order valence-electron chi connectivity index (χ4n) is 3.19. The van der Waals surface area contributed by atoms with Crippen molar-refractivity contribution in [1.29, 1.82) is 0 Å². The summed E-state index contributed by atoms with van der Waals surface area (Å²) in [7, 11) is 0. The zero-order valence-electron chi connectivity index (χ0n) is 18.7. The van der Waals surface area contributed by atoms with Crippen molar-refractivity contribution < 1.29 is 28.5 Å². The highest BCUT2D eigenvalue weighted by Crippen LogP contribution is 2.27. The smallest absolute Gasteiger partial charge is 0.338 e. The summed E-state index contributed by atoms with van der Waals surface area (Å²) in [5.41, 5.74) is 1.32. The van der Waals surface area contributed by atoms with Crippen LogP contribution in [0.2, 0.25) is 0 Å². The second-order valence-corrected chi connectivity index (χ2v) is 8.04. The van der Waals surface area contributed by atoms with Gasteiger partial charge in [-0.3, -0.25) is 4.79 Å². The zero-order chi connectivity index (χ0) is 21.9. The van der Waals surface area contributed by atoms with Crippen LogP contribution < -0.4 is 0 Å². The minimum Gasteiger partial charge on any atom is -0.459 e. The fraction of sp³-hybridized carbons (Fsp3) is 0.667. The van der Waals surface area contributed by atoms with Crippen LogP contribution in [-0.4, -0.2) is 37.4 Å². The summed E-state index contributed by atoms with van der Waals surface area (Å²) in [5.74, 6) is -0.258. The highest BCUT2D eigenvalue weighted by molar-refractivity contribution is 5.89. The SMILES string of the molecule is CCCCC(=O)OC(C)C(C)OC(=O)c1ccc(C2OCC(CCCC)CO2)cc1. The quantitative estimate of drug-likeness (QED) is 0.458. The molecule has 0 spiro atoms. The molecule has 0 aliphatic carbocycles.